The van der Waals surface area contributed by atoms with Crippen molar-refractivity contribution in [2.24, 2.45) is 0 Å². The summed E-state index contributed by atoms with van der Waals surface area (Å²) in [5.41, 5.74) is 2.85. The minimum Gasteiger partial charge on any atom is -0.378 e. The van der Waals surface area contributed by atoms with Crippen LogP contribution in [0.25, 0.3) is 0 Å². The van der Waals surface area contributed by atoms with E-state index in [1.54, 1.807) is 4.90 Å². The third kappa shape index (κ3) is 3.67. The maximum atomic E-state index is 12.2. The third-order valence-corrected chi connectivity index (χ3v) is 3.61. The smallest absolute Gasteiger partial charge is 0.223 e. The molecule has 0 aliphatic carbocycles. The highest BCUT2D eigenvalue weighted by Gasteiger charge is 2.18. The number of hydrogen-bond acceptors (Lipinski definition) is 3. The molecule has 108 valence electrons. The number of rotatable bonds is 4. The van der Waals surface area contributed by atoms with E-state index in [0.717, 1.165) is 16.7 Å². The number of amides is 1. The predicted molar refractivity (Wildman–Crippen MR) is 76.9 cm³/mol. The van der Waals surface area contributed by atoms with Gasteiger partial charge in [0.1, 0.15) is 0 Å². The van der Waals surface area contributed by atoms with Gasteiger partial charge in [0.05, 0.1) is 13.2 Å². The topological polar surface area (TPSA) is 46.6 Å². The van der Waals surface area contributed by atoms with E-state index >= 15 is 0 Å². The molecule has 1 saturated heterocycles. The lowest BCUT2D eigenvalue weighted by Crippen LogP contribution is -2.40. The summed E-state index contributed by atoms with van der Waals surface area (Å²) in [5.74, 6) is 0.0931. The lowest BCUT2D eigenvalue weighted by molar-refractivity contribution is -0.135. The van der Waals surface area contributed by atoms with Gasteiger partial charge in [-0.25, -0.2) is 0 Å². The van der Waals surface area contributed by atoms with Crippen molar-refractivity contribution in [3.63, 3.8) is 0 Å². The van der Waals surface area contributed by atoms with Crippen LogP contribution in [-0.4, -0.2) is 42.9 Å². The summed E-state index contributed by atoms with van der Waals surface area (Å²) in [7, 11) is 0. The first-order chi connectivity index (χ1) is 9.58. The van der Waals surface area contributed by atoms with E-state index < -0.39 is 0 Å². The third-order valence-electron chi connectivity index (χ3n) is 3.61. The number of carbonyl (C=O) groups is 2. The monoisotopic (exact) mass is 275 g/mol. The van der Waals surface area contributed by atoms with E-state index in [0.29, 0.717) is 26.3 Å². The minimum atomic E-state index is 0.0455. The van der Waals surface area contributed by atoms with Crippen molar-refractivity contribution in [1.82, 2.24) is 4.90 Å². The molecule has 1 aromatic rings. The van der Waals surface area contributed by atoms with Crippen LogP contribution in [0.15, 0.2) is 18.2 Å². The van der Waals surface area contributed by atoms with E-state index in [-0.39, 0.29) is 24.5 Å². The number of ether oxygens (including phenoxy) is 1. The molecule has 1 amide bonds. The van der Waals surface area contributed by atoms with Crippen molar-refractivity contribution >= 4 is 11.7 Å². The molecule has 1 fully saturated rings. The van der Waals surface area contributed by atoms with Gasteiger partial charge in [-0.2, -0.15) is 0 Å². The molecule has 0 unspecified atom stereocenters. The molecule has 0 spiro atoms. The Morgan fingerprint density at radius 1 is 1.15 bits per heavy atom. The number of Topliss-reactive ketones (excluding diaryl/α,β-unsaturated/α-hetero) is 1. The summed E-state index contributed by atoms with van der Waals surface area (Å²) in [6.45, 7) is 6.40. The second-order valence-electron chi connectivity index (χ2n) is 5.23. The molecular formula is C16H21NO3. The summed E-state index contributed by atoms with van der Waals surface area (Å²) in [4.78, 5) is 25.9. The minimum absolute atomic E-state index is 0.0455. The first-order valence-electron chi connectivity index (χ1n) is 7.04. The largest absolute Gasteiger partial charge is 0.378 e. The molecule has 1 heterocycles. The molecule has 0 atom stereocenters. The van der Waals surface area contributed by atoms with E-state index in [2.05, 4.69) is 0 Å². The van der Waals surface area contributed by atoms with Crippen molar-refractivity contribution in [3.8, 4) is 0 Å². The first-order valence-corrected chi connectivity index (χ1v) is 7.04. The zero-order valence-corrected chi connectivity index (χ0v) is 12.1. The van der Waals surface area contributed by atoms with Gasteiger partial charge in [-0.3, -0.25) is 9.59 Å². The fraction of sp³-hybridized carbons (Fsp3) is 0.500. The van der Waals surface area contributed by atoms with Gasteiger partial charge >= 0.3 is 0 Å². The predicted octanol–water partition coefficient (Wildman–Crippen LogP) is 2.13. The lowest BCUT2D eigenvalue weighted by atomic mass is 9.99. The van der Waals surface area contributed by atoms with Gasteiger partial charge in [0, 0.05) is 31.5 Å². The number of benzene rings is 1. The lowest BCUT2D eigenvalue weighted by Gasteiger charge is -2.26. The van der Waals surface area contributed by atoms with Crippen LogP contribution in [0.1, 0.15) is 34.3 Å². The molecule has 2 rings (SSSR count). The Labute approximate surface area is 119 Å². The highest BCUT2D eigenvalue weighted by atomic mass is 16.5. The van der Waals surface area contributed by atoms with Gasteiger partial charge in [0.15, 0.2) is 5.78 Å². The molecule has 20 heavy (non-hydrogen) atoms. The summed E-state index contributed by atoms with van der Waals surface area (Å²) < 4.78 is 5.21. The Morgan fingerprint density at radius 3 is 2.50 bits per heavy atom. The quantitative estimate of drug-likeness (QED) is 0.791. The van der Waals surface area contributed by atoms with Crippen molar-refractivity contribution in [2.45, 2.75) is 26.7 Å². The van der Waals surface area contributed by atoms with Gasteiger partial charge in [0.25, 0.3) is 0 Å². The average Bonchev–Trinajstić information content (AvgIpc) is 2.45. The average molecular weight is 275 g/mol. The van der Waals surface area contributed by atoms with E-state index in [1.807, 2.05) is 32.0 Å². The molecule has 4 heteroatoms. The second-order valence-corrected chi connectivity index (χ2v) is 5.23. The Morgan fingerprint density at radius 2 is 1.85 bits per heavy atom. The molecule has 0 radical (unpaired) electrons. The molecule has 1 aliphatic heterocycles. The summed E-state index contributed by atoms with van der Waals surface area (Å²) >= 11 is 0. The molecule has 0 N–H and O–H groups in total. The Bertz CT molecular complexity index is 504. The fourth-order valence-corrected chi connectivity index (χ4v) is 2.45. The van der Waals surface area contributed by atoms with Crippen molar-refractivity contribution in [2.75, 3.05) is 26.3 Å². The van der Waals surface area contributed by atoms with Gasteiger partial charge in [-0.1, -0.05) is 23.8 Å². The van der Waals surface area contributed by atoms with Crippen LogP contribution in [0.2, 0.25) is 0 Å². The van der Waals surface area contributed by atoms with Crippen molar-refractivity contribution in [1.29, 1.82) is 0 Å². The molecule has 1 aromatic carbocycles. The molecule has 4 nitrogen and oxygen atoms in total. The zero-order valence-electron chi connectivity index (χ0n) is 12.1. The number of ketones is 1. The number of aryl methyl sites for hydroxylation is 2. The van der Waals surface area contributed by atoms with Crippen molar-refractivity contribution in [3.05, 3.63) is 34.9 Å². The highest BCUT2D eigenvalue weighted by Crippen LogP contribution is 2.14. The van der Waals surface area contributed by atoms with E-state index in [1.165, 1.54) is 0 Å². The summed E-state index contributed by atoms with van der Waals surface area (Å²) in [5, 5.41) is 0. The van der Waals surface area contributed by atoms with E-state index in [9.17, 15) is 9.59 Å². The van der Waals surface area contributed by atoms with Crippen LogP contribution in [0, 0.1) is 13.8 Å². The van der Waals surface area contributed by atoms with Crippen LogP contribution in [-0.2, 0) is 9.53 Å². The van der Waals surface area contributed by atoms with Crippen LogP contribution in [0.3, 0.4) is 0 Å². The normalized spacial score (nSPS) is 15.2. The van der Waals surface area contributed by atoms with E-state index in [4.69, 9.17) is 4.74 Å². The maximum absolute atomic E-state index is 12.2. The van der Waals surface area contributed by atoms with Crippen LogP contribution >= 0.6 is 0 Å². The molecule has 0 bridgehead atoms. The Hall–Kier alpha value is -1.68. The Kier molecular flexibility index (Phi) is 4.90. The number of carbonyl (C=O) groups excluding carboxylic acids is 2. The molecule has 1 aliphatic rings. The van der Waals surface area contributed by atoms with Gasteiger partial charge in [0.2, 0.25) is 5.91 Å². The second kappa shape index (κ2) is 6.66. The highest BCUT2D eigenvalue weighted by molar-refractivity contribution is 5.99. The standard InChI is InChI=1S/C16H21NO3/c1-12-3-4-14(13(2)11-12)15(18)5-6-16(19)17-7-9-20-10-8-17/h3-4,11H,5-10H2,1-2H3. The van der Waals surface area contributed by atoms with Crippen LogP contribution in [0.4, 0.5) is 0 Å². The number of hydrogen-bond donors (Lipinski definition) is 0. The van der Waals surface area contributed by atoms with Crippen LogP contribution < -0.4 is 0 Å². The van der Waals surface area contributed by atoms with Gasteiger partial charge in [-0.05, 0) is 19.4 Å². The molecule has 0 aromatic heterocycles. The number of nitrogens with zero attached hydrogens (tertiary/aromatic N) is 1. The fourth-order valence-electron chi connectivity index (χ4n) is 2.45. The van der Waals surface area contributed by atoms with Gasteiger partial charge < -0.3 is 9.64 Å². The first kappa shape index (κ1) is 14.7. The number of morpholine rings is 1. The molecular weight excluding hydrogens is 254 g/mol. The van der Waals surface area contributed by atoms with Crippen LogP contribution in [0.5, 0.6) is 0 Å². The Balaban J connectivity index is 1.89. The van der Waals surface area contributed by atoms with Gasteiger partial charge in [-0.15, -0.1) is 0 Å². The van der Waals surface area contributed by atoms with Crippen molar-refractivity contribution < 1.29 is 14.3 Å². The SMILES string of the molecule is Cc1ccc(C(=O)CCC(=O)N2CCOCC2)c(C)c1. The summed E-state index contributed by atoms with van der Waals surface area (Å²) in [6, 6.07) is 5.78. The summed E-state index contributed by atoms with van der Waals surface area (Å²) in [6.07, 6.45) is 0.562. The maximum Gasteiger partial charge on any atom is 0.223 e. The molecule has 0 saturated carbocycles. The zero-order chi connectivity index (χ0) is 14.5.